The number of aromatic nitrogens is 1. The Labute approximate surface area is 149 Å². The molecular formula is C20H19F3N2O. The Balaban J connectivity index is 1.78. The summed E-state index contributed by atoms with van der Waals surface area (Å²) in [7, 11) is 0. The highest BCUT2D eigenvalue weighted by Gasteiger charge is 2.33. The predicted molar refractivity (Wildman–Crippen MR) is 94.8 cm³/mol. The monoisotopic (exact) mass is 360 g/mol. The number of H-pyrrole nitrogens is 1. The number of rotatable bonds is 2. The summed E-state index contributed by atoms with van der Waals surface area (Å²) in [6.07, 6.45) is 2.56. The van der Waals surface area contributed by atoms with Crippen LogP contribution in [0.4, 0.5) is 18.9 Å². The molecular weight excluding hydrogens is 341 g/mol. The number of halogens is 3. The third kappa shape index (κ3) is 2.73. The van der Waals surface area contributed by atoms with Crippen molar-refractivity contribution >= 4 is 23.2 Å². The lowest BCUT2D eigenvalue weighted by Crippen LogP contribution is -2.06. The number of aryl methyl sites for hydroxylation is 1. The zero-order chi connectivity index (χ0) is 18.5. The zero-order valence-corrected chi connectivity index (χ0v) is 14.4. The van der Waals surface area contributed by atoms with Crippen LogP contribution in [-0.4, -0.2) is 10.9 Å². The molecule has 1 amide bonds. The molecule has 3 nitrogen and oxygen atoms in total. The van der Waals surface area contributed by atoms with Gasteiger partial charge in [-0.1, -0.05) is 13.0 Å². The summed E-state index contributed by atoms with van der Waals surface area (Å²) in [6, 6.07) is 3.39. The van der Waals surface area contributed by atoms with Crippen LogP contribution in [0.2, 0.25) is 0 Å². The van der Waals surface area contributed by atoms with Crippen LogP contribution < -0.4 is 5.32 Å². The minimum atomic E-state index is -4.43. The van der Waals surface area contributed by atoms with Crippen molar-refractivity contribution in [2.75, 3.05) is 5.32 Å². The summed E-state index contributed by atoms with van der Waals surface area (Å²) in [4.78, 5) is 15.8. The van der Waals surface area contributed by atoms with E-state index in [1.54, 1.807) is 6.08 Å². The number of fused-ring (bicyclic) bond motifs is 2. The number of benzene rings is 1. The second kappa shape index (κ2) is 6.04. The number of alkyl halides is 3. The van der Waals surface area contributed by atoms with Gasteiger partial charge in [-0.05, 0) is 61.4 Å². The molecule has 2 aromatic rings. The Morgan fingerprint density at radius 2 is 1.96 bits per heavy atom. The van der Waals surface area contributed by atoms with Gasteiger partial charge in [0, 0.05) is 22.6 Å². The van der Waals surface area contributed by atoms with Gasteiger partial charge in [-0.25, -0.2) is 0 Å². The summed E-state index contributed by atoms with van der Waals surface area (Å²) in [5, 5.41) is 2.56. The highest BCUT2D eigenvalue weighted by molar-refractivity contribution is 6.34. The van der Waals surface area contributed by atoms with E-state index in [2.05, 4.69) is 17.2 Å². The molecule has 0 saturated carbocycles. The number of nitrogens with one attached hydrogen (secondary N) is 2. The maximum Gasteiger partial charge on any atom is 0.416 e. The lowest BCUT2D eigenvalue weighted by atomic mass is 9.93. The van der Waals surface area contributed by atoms with Crippen LogP contribution in [0.5, 0.6) is 0 Å². The van der Waals surface area contributed by atoms with Crippen molar-refractivity contribution in [3.63, 3.8) is 0 Å². The van der Waals surface area contributed by atoms with Crippen LogP contribution in [0.3, 0.4) is 0 Å². The molecule has 0 unspecified atom stereocenters. The first-order chi connectivity index (χ1) is 12.4. The van der Waals surface area contributed by atoms with Gasteiger partial charge in [0.2, 0.25) is 0 Å². The molecule has 6 heteroatoms. The van der Waals surface area contributed by atoms with Crippen LogP contribution in [0.1, 0.15) is 53.4 Å². The molecule has 0 radical (unpaired) electrons. The second-order valence-corrected chi connectivity index (χ2v) is 6.81. The summed E-state index contributed by atoms with van der Waals surface area (Å²) >= 11 is 0. The van der Waals surface area contributed by atoms with Crippen molar-refractivity contribution in [1.82, 2.24) is 4.98 Å². The molecule has 1 aliphatic heterocycles. The standard InChI is InChI=1S/C20H19F3N2O/c1-2-12-13-5-3-4-6-16(13)24-18(12)10-15-14-8-7-11(20(21,22)23)9-17(14)25-19(15)26/h7-10,24H,2-6H2,1H3,(H,25,26). The number of hydrogen-bond acceptors (Lipinski definition) is 1. The van der Waals surface area contributed by atoms with Gasteiger partial charge in [-0.3, -0.25) is 4.79 Å². The number of hydrogen-bond donors (Lipinski definition) is 2. The van der Waals surface area contributed by atoms with E-state index in [0.29, 0.717) is 11.1 Å². The van der Waals surface area contributed by atoms with Crippen molar-refractivity contribution in [3.8, 4) is 0 Å². The fraction of sp³-hybridized carbons (Fsp3) is 0.350. The summed E-state index contributed by atoms with van der Waals surface area (Å²) in [5.41, 5.74) is 5.05. The van der Waals surface area contributed by atoms with E-state index in [0.717, 1.165) is 49.9 Å². The van der Waals surface area contributed by atoms with Gasteiger partial charge in [0.25, 0.3) is 5.91 Å². The molecule has 2 aliphatic rings. The number of amides is 1. The van der Waals surface area contributed by atoms with E-state index in [1.165, 1.54) is 22.9 Å². The fourth-order valence-electron chi connectivity index (χ4n) is 3.96. The van der Waals surface area contributed by atoms with Crippen LogP contribution in [0.25, 0.3) is 11.6 Å². The molecule has 26 heavy (non-hydrogen) atoms. The van der Waals surface area contributed by atoms with Gasteiger partial charge in [0.05, 0.1) is 11.1 Å². The minimum absolute atomic E-state index is 0.213. The lowest BCUT2D eigenvalue weighted by Gasteiger charge is -2.11. The SMILES string of the molecule is CCc1c(C=C2C(=O)Nc3cc(C(F)(F)F)ccc32)[nH]c2c1CCCC2. The van der Waals surface area contributed by atoms with E-state index in [-0.39, 0.29) is 11.6 Å². The molecule has 0 atom stereocenters. The number of aromatic amines is 1. The third-order valence-corrected chi connectivity index (χ3v) is 5.21. The van der Waals surface area contributed by atoms with Crippen molar-refractivity contribution in [3.05, 3.63) is 51.8 Å². The quantitative estimate of drug-likeness (QED) is 0.730. The fourth-order valence-corrected chi connectivity index (χ4v) is 3.96. The highest BCUT2D eigenvalue weighted by atomic mass is 19.4. The topological polar surface area (TPSA) is 44.9 Å². The van der Waals surface area contributed by atoms with Gasteiger partial charge in [-0.15, -0.1) is 0 Å². The van der Waals surface area contributed by atoms with Crippen molar-refractivity contribution in [2.45, 2.75) is 45.2 Å². The highest BCUT2D eigenvalue weighted by Crippen LogP contribution is 2.39. The average molecular weight is 360 g/mol. The van der Waals surface area contributed by atoms with Crippen LogP contribution >= 0.6 is 0 Å². The molecule has 4 rings (SSSR count). The van der Waals surface area contributed by atoms with Gasteiger partial charge >= 0.3 is 6.18 Å². The molecule has 1 aromatic heterocycles. The van der Waals surface area contributed by atoms with Crippen molar-refractivity contribution in [1.29, 1.82) is 0 Å². The smallest absolute Gasteiger partial charge is 0.358 e. The first-order valence-electron chi connectivity index (χ1n) is 8.85. The summed E-state index contributed by atoms with van der Waals surface area (Å²) in [5.74, 6) is -0.367. The van der Waals surface area contributed by atoms with Crippen LogP contribution in [0.15, 0.2) is 18.2 Å². The number of carbonyl (C=O) groups excluding carboxylic acids is 1. The largest absolute Gasteiger partial charge is 0.416 e. The summed E-state index contributed by atoms with van der Waals surface area (Å²) < 4.78 is 38.7. The Morgan fingerprint density at radius 1 is 1.19 bits per heavy atom. The van der Waals surface area contributed by atoms with Crippen molar-refractivity contribution < 1.29 is 18.0 Å². The van der Waals surface area contributed by atoms with E-state index in [4.69, 9.17) is 0 Å². The lowest BCUT2D eigenvalue weighted by molar-refractivity contribution is -0.137. The third-order valence-electron chi connectivity index (χ3n) is 5.21. The van der Waals surface area contributed by atoms with E-state index >= 15 is 0 Å². The molecule has 1 aromatic carbocycles. The first-order valence-corrected chi connectivity index (χ1v) is 8.85. The van der Waals surface area contributed by atoms with Gasteiger partial charge in [0.1, 0.15) is 0 Å². The molecule has 1 aliphatic carbocycles. The number of carbonyl (C=O) groups is 1. The normalized spacial score (nSPS) is 18.0. The maximum atomic E-state index is 12.9. The molecule has 2 N–H and O–H groups in total. The Hall–Kier alpha value is -2.50. The molecule has 0 spiro atoms. The molecule has 0 saturated heterocycles. The molecule has 0 fully saturated rings. The van der Waals surface area contributed by atoms with E-state index in [1.807, 2.05) is 0 Å². The van der Waals surface area contributed by atoms with E-state index < -0.39 is 11.7 Å². The Kier molecular flexibility index (Phi) is 3.93. The molecule has 136 valence electrons. The minimum Gasteiger partial charge on any atom is -0.358 e. The molecule has 0 bridgehead atoms. The van der Waals surface area contributed by atoms with E-state index in [9.17, 15) is 18.0 Å². The zero-order valence-electron chi connectivity index (χ0n) is 14.4. The Bertz CT molecular complexity index is 922. The van der Waals surface area contributed by atoms with Crippen LogP contribution in [-0.2, 0) is 30.2 Å². The second-order valence-electron chi connectivity index (χ2n) is 6.81. The Morgan fingerprint density at radius 3 is 2.69 bits per heavy atom. The first kappa shape index (κ1) is 16.9. The number of anilines is 1. The summed E-state index contributed by atoms with van der Waals surface area (Å²) in [6.45, 7) is 2.08. The average Bonchev–Trinajstić information content (AvgIpc) is 3.11. The predicted octanol–water partition coefficient (Wildman–Crippen LogP) is 4.97. The van der Waals surface area contributed by atoms with Gasteiger partial charge in [-0.2, -0.15) is 13.2 Å². The molecule has 2 heterocycles. The van der Waals surface area contributed by atoms with Crippen molar-refractivity contribution in [2.24, 2.45) is 0 Å². The maximum absolute atomic E-state index is 12.9. The van der Waals surface area contributed by atoms with Gasteiger partial charge < -0.3 is 10.3 Å². The van der Waals surface area contributed by atoms with Gasteiger partial charge in [0.15, 0.2) is 0 Å². The van der Waals surface area contributed by atoms with Crippen LogP contribution in [0, 0.1) is 0 Å².